The number of nitro benzene ring substituents is 1. The van der Waals surface area contributed by atoms with Gasteiger partial charge in [-0.2, -0.15) is 5.10 Å². The van der Waals surface area contributed by atoms with Crippen molar-refractivity contribution in [2.24, 2.45) is 13.0 Å². The number of nitrogens with one attached hydrogen (secondary N) is 1. The van der Waals surface area contributed by atoms with E-state index in [2.05, 4.69) is 10.4 Å². The number of hydrogen-bond acceptors (Lipinski definition) is 5. The molecule has 0 aliphatic heterocycles. The van der Waals surface area contributed by atoms with Crippen LogP contribution in [0, 0.1) is 16.0 Å². The van der Waals surface area contributed by atoms with Crippen molar-refractivity contribution in [3.8, 4) is 0 Å². The van der Waals surface area contributed by atoms with Gasteiger partial charge in [0.2, 0.25) is 5.91 Å². The summed E-state index contributed by atoms with van der Waals surface area (Å²) in [5, 5.41) is 18.1. The maximum atomic E-state index is 12.9. The minimum Gasteiger partial charge on any atom is -0.329 e. The number of carbonyl (C=O) groups excluding carboxylic acids is 2. The van der Waals surface area contributed by atoms with Crippen LogP contribution in [0.2, 0.25) is 0 Å². The van der Waals surface area contributed by atoms with Crippen LogP contribution in [0.1, 0.15) is 50.7 Å². The monoisotopic (exact) mass is 415 g/mol. The summed E-state index contributed by atoms with van der Waals surface area (Å²) in [6, 6.07) is 7.20. The maximum absolute atomic E-state index is 12.9. The van der Waals surface area contributed by atoms with Gasteiger partial charge in [0.15, 0.2) is 0 Å². The zero-order chi connectivity index (χ0) is 22.6. The molecular formula is C21H29N5O4. The summed E-state index contributed by atoms with van der Waals surface area (Å²) in [6.07, 6.45) is 0. The molecule has 30 heavy (non-hydrogen) atoms. The van der Waals surface area contributed by atoms with Crippen LogP contribution in [0.4, 0.5) is 11.5 Å². The van der Waals surface area contributed by atoms with E-state index in [0.717, 1.165) is 5.69 Å². The van der Waals surface area contributed by atoms with Crippen LogP contribution in [-0.2, 0) is 17.3 Å². The Labute approximate surface area is 176 Å². The van der Waals surface area contributed by atoms with Crippen molar-refractivity contribution < 1.29 is 14.5 Å². The van der Waals surface area contributed by atoms with Gasteiger partial charge in [0, 0.05) is 42.8 Å². The van der Waals surface area contributed by atoms with Crippen LogP contribution < -0.4 is 5.32 Å². The van der Waals surface area contributed by atoms with Crippen LogP contribution in [0.15, 0.2) is 30.3 Å². The molecule has 0 unspecified atom stereocenters. The van der Waals surface area contributed by atoms with Gasteiger partial charge in [-0.05, 0) is 18.1 Å². The molecule has 0 saturated heterocycles. The fourth-order valence-electron chi connectivity index (χ4n) is 2.87. The normalized spacial score (nSPS) is 11.4. The van der Waals surface area contributed by atoms with E-state index in [9.17, 15) is 19.7 Å². The Hall–Kier alpha value is -3.23. The highest BCUT2D eigenvalue weighted by molar-refractivity contribution is 5.99. The number of aromatic nitrogens is 2. The smallest absolute Gasteiger partial charge is 0.269 e. The van der Waals surface area contributed by atoms with Gasteiger partial charge in [0.25, 0.3) is 11.6 Å². The first-order valence-electron chi connectivity index (χ1n) is 9.76. The van der Waals surface area contributed by atoms with Crippen molar-refractivity contribution in [3.63, 3.8) is 0 Å². The Morgan fingerprint density at radius 2 is 1.83 bits per heavy atom. The Morgan fingerprint density at radius 3 is 2.30 bits per heavy atom. The lowest BCUT2D eigenvalue weighted by molar-refractivity contribution is -0.384. The average Bonchev–Trinajstić information content (AvgIpc) is 3.01. The van der Waals surface area contributed by atoms with E-state index in [1.165, 1.54) is 29.2 Å². The Morgan fingerprint density at radius 1 is 1.23 bits per heavy atom. The standard InChI is InChI=1S/C21H29N5O4/c1-14(2)12-25(20(28)15-7-9-16(10-8-15)26(29)30)13-19(27)22-18-11-17(21(3,4)5)23-24(18)6/h7-11,14H,12-13H2,1-6H3,(H,22,27). The molecule has 2 amide bonds. The molecule has 0 aliphatic rings. The molecule has 0 aliphatic carbocycles. The second kappa shape index (κ2) is 9.06. The minimum absolute atomic E-state index is 0.0921. The highest BCUT2D eigenvalue weighted by Crippen LogP contribution is 2.23. The van der Waals surface area contributed by atoms with E-state index in [0.29, 0.717) is 17.9 Å². The Balaban J connectivity index is 2.15. The summed E-state index contributed by atoms with van der Waals surface area (Å²) >= 11 is 0. The zero-order valence-electron chi connectivity index (χ0n) is 18.3. The second-order valence-electron chi connectivity index (χ2n) is 8.72. The van der Waals surface area contributed by atoms with Crippen LogP contribution in [0.5, 0.6) is 0 Å². The number of aryl methyl sites for hydroxylation is 1. The quantitative estimate of drug-likeness (QED) is 0.551. The number of rotatable bonds is 7. The van der Waals surface area contributed by atoms with Crippen LogP contribution >= 0.6 is 0 Å². The number of nitrogens with zero attached hydrogens (tertiary/aromatic N) is 4. The third kappa shape index (κ3) is 5.88. The fraction of sp³-hybridized carbons (Fsp3) is 0.476. The lowest BCUT2D eigenvalue weighted by Gasteiger charge is -2.24. The topological polar surface area (TPSA) is 110 Å². The average molecular weight is 415 g/mol. The van der Waals surface area contributed by atoms with Crippen LogP contribution in [0.25, 0.3) is 0 Å². The van der Waals surface area contributed by atoms with E-state index in [-0.39, 0.29) is 35.4 Å². The van der Waals surface area contributed by atoms with Gasteiger partial charge in [0.1, 0.15) is 12.4 Å². The van der Waals surface area contributed by atoms with Gasteiger partial charge < -0.3 is 10.2 Å². The summed E-state index contributed by atoms with van der Waals surface area (Å²) < 4.78 is 1.60. The molecule has 2 aromatic rings. The molecular weight excluding hydrogens is 386 g/mol. The third-order valence-corrected chi connectivity index (χ3v) is 4.45. The first-order chi connectivity index (χ1) is 13.9. The SMILES string of the molecule is CC(C)CN(CC(=O)Nc1cc(C(C)(C)C)nn1C)C(=O)c1ccc([N+](=O)[O-])cc1. The Kier molecular flexibility index (Phi) is 6.96. The van der Waals surface area contributed by atoms with Gasteiger partial charge in [0.05, 0.1) is 10.6 Å². The molecule has 9 heteroatoms. The largest absolute Gasteiger partial charge is 0.329 e. The Bertz CT molecular complexity index is 926. The van der Waals surface area contributed by atoms with E-state index < -0.39 is 4.92 Å². The summed E-state index contributed by atoms with van der Waals surface area (Å²) in [5.74, 6) is 0.00436. The molecule has 0 atom stereocenters. The second-order valence-corrected chi connectivity index (χ2v) is 8.72. The highest BCUT2D eigenvalue weighted by atomic mass is 16.6. The summed E-state index contributed by atoms with van der Waals surface area (Å²) in [4.78, 5) is 37.3. The molecule has 162 valence electrons. The minimum atomic E-state index is -0.521. The molecule has 0 radical (unpaired) electrons. The van der Waals surface area contributed by atoms with Crippen molar-refractivity contribution in [1.82, 2.24) is 14.7 Å². The van der Waals surface area contributed by atoms with Crippen LogP contribution in [0.3, 0.4) is 0 Å². The summed E-state index contributed by atoms with van der Waals surface area (Å²) in [5.41, 5.74) is 0.896. The van der Waals surface area contributed by atoms with E-state index >= 15 is 0 Å². The summed E-state index contributed by atoms with van der Waals surface area (Å²) in [6.45, 7) is 10.2. The molecule has 0 fully saturated rings. The number of carbonyl (C=O) groups is 2. The first-order valence-corrected chi connectivity index (χ1v) is 9.76. The molecule has 0 bridgehead atoms. The fourth-order valence-corrected chi connectivity index (χ4v) is 2.87. The van der Waals surface area contributed by atoms with Gasteiger partial charge in [-0.25, -0.2) is 0 Å². The molecule has 1 N–H and O–H groups in total. The van der Waals surface area contributed by atoms with Crippen molar-refractivity contribution in [3.05, 3.63) is 51.7 Å². The predicted molar refractivity (Wildman–Crippen MR) is 114 cm³/mol. The van der Waals surface area contributed by atoms with Crippen LogP contribution in [-0.4, -0.2) is 44.5 Å². The molecule has 9 nitrogen and oxygen atoms in total. The van der Waals surface area contributed by atoms with Crippen molar-refractivity contribution in [2.45, 2.75) is 40.0 Å². The molecule has 1 aromatic carbocycles. The maximum Gasteiger partial charge on any atom is 0.269 e. The number of non-ortho nitro benzene ring substituents is 1. The van der Waals surface area contributed by atoms with Gasteiger partial charge in [-0.1, -0.05) is 34.6 Å². The molecule has 0 spiro atoms. The highest BCUT2D eigenvalue weighted by Gasteiger charge is 2.23. The zero-order valence-corrected chi connectivity index (χ0v) is 18.3. The number of amides is 2. The molecule has 0 saturated carbocycles. The number of nitro groups is 1. The van der Waals surface area contributed by atoms with E-state index in [4.69, 9.17) is 0 Å². The van der Waals surface area contributed by atoms with E-state index in [1.807, 2.05) is 40.7 Å². The predicted octanol–water partition coefficient (Wildman–Crippen LogP) is 3.36. The number of benzene rings is 1. The van der Waals surface area contributed by atoms with Gasteiger partial charge in [-0.15, -0.1) is 0 Å². The summed E-state index contributed by atoms with van der Waals surface area (Å²) in [7, 11) is 1.75. The number of anilines is 1. The van der Waals surface area contributed by atoms with Gasteiger partial charge in [-0.3, -0.25) is 24.4 Å². The molecule has 1 heterocycles. The first kappa shape index (κ1) is 23.1. The molecule has 1 aromatic heterocycles. The van der Waals surface area contributed by atoms with Crippen molar-refractivity contribution >= 4 is 23.3 Å². The van der Waals surface area contributed by atoms with Crippen molar-refractivity contribution in [1.29, 1.82) is 0 Å². The number of hydrogen-bond donors (Lipinski definition) is 1. The van der Waals surface area contributed by atoms with Gasteiger partial charge >= 0.3 is 0 Å². The van der Waals surface area contributed by atoms with Crippen molar-refractivity contribution in [2.75, 3.05) is 18.4 Å². The lowest BCUT2D eigenvalue weighted by atomic mass is 9.92. The molecule has 2 rings (SSSR count). The third-order valence-electron chi connectivity index (χ3n) is 4.45. The van der Waals surface area contributed by atoms with E-state index in [1.54, 1.807) is 11.7 Å². The lowest BCUT2D eigenvalue weighted by Crippen LogP contribution is -2.40.